The van der Waals surface area contributed by atoms with Crippen LogP contribution in [-0.4, -0.2) is 12.9 Å². The predicted octanol–water partition coefficient (Wildman–Crippen LogP) is 5.97. The molecule has 0 aliphatic rings. The summed E-state index contributed by atoms with van der Waals surface area (Å²) in [5.74, 6) is 0.781. The zero-order chi connectivity index (χ0) is 16.9. The van der Waals surface area contributed by atoms with Crippen LogP contribution in [-0.2, 0) is 0 Å². The maximum absolute atomic E-state index is 12.3. The number of benzene rings is 2. The van der Waals surface area contributed by atoms with Crippen LogP contribution in [0.1, 0.15) is 15.2 Å². The van der Waals surface area contributed by atoms with Gasteiger partial charge in [0.15, 0.2) is 5.78 Å². The van der Waals surface area contributed by atoms with Crippen LogP contribution in [0.25, 0.3) is 16.5 Å². The summed E-state index contributed by atoms with van der Waals surface area (Å²) in [6.07, 6.45) is 3.35. The molecule has 0 atom stereocenters. The van der Waals surface area contributed by atoms with Gasteiger partial charge in [0.05, 0.1) is 12.0 Å². The number of allylic oxidation sites excluding steroid dienone is 1. The maximum Gasteiger partial charge on any atom is 0.195 e. The minimum absolute atomic E-state index is 0.0193. The van der Waals surface area contributed by atoms with Gasteiger partial charge in [-0.25, -0.2) is 0 Å². The van der Waals surface area contributed by atoms with Gasteiger partial charge in [-0.15, -0.1) is 11.3 Å². The third kappa shape index (κ3) is 3.94. The average molecular weight is 355 g/mol. The molecule has 2 nitrogen and oxygen atoms in total. The highest BCUT2D eigenvalue weighted by atomic mass is 35.5. The number of rotatable bonds is 5. The molecule has 0 radical (unpaired) electrons. The van der Waals surface area contributed by atoms with Crippen LogP contribution in [0.15, 0.2) is 66.7 Å². The van der Waals surface area contributed by atoms with E-state index in [1.165, 1.54) is 11.3 Å². The van der Waals surface area contributed by atoms with Crippen LogP contribution in [0.2, 0.25) is 5.02 Å². The molecule has 0 fully saturated rings. The highest BCUT2D eigenvalue weighted by molar-refractivity contribution is 7.17. The molecule has 120 valence electrons. The third-order valence-electron chi connectivity index (χ3n) is 3.48. The first-order valence-corrected chi connectivity index (χ1v) is 8.57. The van der Waals surface area contributed by atoms with Gasteiger partial charge in [-0.1, -0.05) is 41.9 Å². The second-order valence-corrected chi connectivity index (χ2v) is 6.67. The number of carbonyl (C=O) groups is 1. The van der Waals surface area contributed by atoms with Gasteiger partial charge < -0.3 is 4.74 Å². The standard InChI is InChI=1S/C20H15ClO2S/c1-23-17-7-3-5-15(13-17)19-10-11-20(24-19)18(22)9-8-14-4-2-6-16(21)12-14/h2-13H,1H3/b9-8+. The first-order valence-electron chi connectivity index (χ1n) is 7.38. The zero-order valence-corrected chi connectivity index (χ0v) is 14.6. The molecule has 0 aliphatic carbocycles. The van der Waals surface area contributed by atoms with Gasteiger partial charge in [0.25, 0.3) is 0 Å². The summed E-state index contributed by atoms with van der Waals surface area (Å²) in [4.78, 5) is 14.1. The molecular weight excluding hydrogens is 340 g/mol. The molecule has 0 saturated carbocycles. The van der Waals surface area contributed by atoms with Crippen molar-refractivity contribution in [2.75, 3.05) is 7.11 Å². The number of halogens is 1. The van der Waals surface area contributed by atoms with Crippen LogP contribution < -0.4 is 4.74 Å². The summed E-state index contributed by atoms with van der Waals surface area (Å²) >= 11 is 7.42. The van der Waals surface area contributed by atoms with Crippen LogP contribution >= 0.6 is 22.9 Å². The van der Waals surface area contributed by atoms with E-state index in [4.69, 9.17) is 16.3 Å². The largest absolute Gasteiger partial charge is 0.497 e. The summed E-state index contributed by atoms with van der Waals surface area (Å²) in [7, 11) is 1.64. The molecule has 0 unspecified atom stereocenters. The third-order valence-corrected chi connectivity index (χ3v) is 4.86. The molecule has 3 rings (SSSR count). The summed E-state index contributed by atoms with van der Waals surface area (Å²) < 4.78 is 5.24. The van der Waals surface area contributed by atoms with Gasteiger partial charge in [0.1, 0.15) is 5.75 Å². The summed E-state index contributed by atoms with van der Waals surface area (Å²) in [5.41, 5.74) is 1.94. The van der Waals surface area contributed by atoms with Crippen LogP contribution in [0, 0.1) is 0 Å². The van der Waals surface area contributed by atoms with E-state index in [9.17, 15) is 4.79 Å². The smallest absolute Gasteiger partial charge is 0.195 e. The molecule has 0 bridgehead atoms. The number of thiophene rings is 1. The number of hydrogen-bond acceptors (Lipinski definition) is 3. The van der Waals surface area contributed by atoms with Crippen molar-refractivity contribution >= 4 is 34.8 Å². The van der Waals surface area contributed by atoms with Gasteiger partial charge in [0, 0.05) is 9.90 Å². The Morgan fingerprint density at radius 3 is 2.71 bits per heavy atom. The van der Waals surface area contributed by atoms with E-state index >= 15 is 0 Å². The van der Waals surface area contributed by atoms with E-state index in [1.54, 1.807) is 25.3 Å². The van der Waals surface area contributed by atoms with E-state index in [-0.39, 0.29) is 5.78 Å². The molecule has 0 saturated heterocycles. The van der Waals surface area contributed by atoms with Gasteiger partial charge in [-0.2, -0.15) is 0 Å². The average Bonchev–Trinajstić information content (AvgIpc) is 3.10. The van der Waals surface area contributed by atoms with Crippen molar-refractivity contribution in [1.29, 1.82) is 0 Å². The normalized spacial score (nSPS) is 10.9. The molecule has 1 heterocycles. The lowest BCUT2D eigenvalue weighted by Gasteiger charge is -2.01. The molecule has 3 aromatic rings. The first-order chi connectivity index (χ1) is 11.7. The van der Waals surface area contributed by atoms with Crippen LogP contribution in [0.5, 0.6) is 5.75 Å². The van der Waals surface area contributed by atoms with E-state index < -0.39 is 0 Å². The van der Waals surface area contributed by atoms with Crippen molar-refractivity contribution in [3.8, 4) is 16.2 Å². The van der Waals surface area contributed by atoms with E-state index in [0.29, 0.717) is 9.90 Å². The molecule has 0 spiro atoms. The van der Waals surface area contributed by atoms with Crippen molar-refractivity contribution in [3.63, 3.8) is 0 Å². The Balaban J connectivity index is 1.78. The van der Waals surface area contributed by atoms with E-state index in [0.717, 1.165) is 21.8 Å². The molecule has 2 aromatic carbocycles. The minimum Gasteiger partial charge on any atom is -0.497 e. The topological polar surface area (TPSA) is 26.3 Å². The Hall–Kier alpha value is -2.36. The molecular formula is C20H15ClO2S. The summed E-state index contributed by atoms with van der Waals surface area (Å²) in [6, 6.07) is 19.0. The molecule has 1 aromatic heterocycles. The Bertz CT molecular complexity index is 896. The summed E-state index contributed by atoms with van der Waals surface area (Å²) in [5, 5.41) is 0.654. The second-order valence-electron chi connectivity index (χ2n) is 5.15. The number of carbonyl (C=O) groups excluding carboxylic acids is 1. The van der Waals surface area contributed by atoms with Gasteiger partial charge in [-0.3, -0.25) is 4.79 Å². The van der Waals surface area contributed by atoms with Gasteiger partial charge in [0.2, 0.25) is 0 Å². The fourth-order valence-electron chi connectivity index (χ4n) is 2.27. The van der Waals surface area contributed by atoms with Crippen LogP contribution in [0.3, 0.4) is 0 Å². The number of hydrogen-bond donors (Lipinski definition) is 0. The SMILES string of the molecule is COc1cccc(-c2ccc(C(=O)/C=C/c3cccc(Cl)c3)s2)c1. The van der Waals surface area contributed by atoms with Crippen LogP contribution in [0.4, 0.5) is 0 Å². The monoisotopic (exact) mass is 354 g/mol. The lowest BCUT2D eigenvalue weighted by atomic mass is 10.1. The quantitative estimate of drug-likeness (QED) is 0.416. The molecule has 4 heteroatoms. The number of ketones is 1. The Kier molecular flexibility index (Phi) is 5.14. The lowest BCUT2D eigenvalue weighted by Crippen LogP contribution is -1.88. The Morgan fingerprint density at radius 2 is 1.92 bits per heavy atom. The fraction of sp³-hybridized carbons (Fsp3) is 0.0500. The molecule has 0 amide bonds. The van der Waals surface area contributed by atoms with Crippen molar-refractivity contribution in [1.82, 2.24) is 0 Å². The molecule has 0 N–H and O–H groups in total. The number of methoxy groups -OCH3 is 1. The molecule has 0 aliphatic heterocycles. The zero-order valence-electron chi connectivity index (χ0n) is 13.0. The van der Waals surface area contributed by atoms with Crippen molar-refractivity contribution in [2.24, 2.45) is 0 Å². The van der Waals surface area contributed by atoms with Crippen molar-refractivity contribution in [3.05, 3.63) is 82.2 Å². The van der Waals surface area contributed by atoms with Gasteiger partial charge in [-0.05, 0) is 53.6 Å². The van der Waals surface area contributed by atoms with Crippen molar-refractivity contribution < 1.29 is 9.53 Å². The second kappa shape index (κ2) is 7.47. The Morgan fingerprint density at radius 1 is 1.08 bits per heavy atom. The minimum atomic E-state index is -0.0193. The molecule has 24 heavy (non-hydrogen) atoms. The Labute approximate surface area is 150 Å². The fourth-order valence-corrected chi connectivity index (χ4v) is 3.39. The van der Waals surface area contributed by atoms with Crippen molar-refractivity contribution in [2.45, 2.75) is 0 Å². The highest BCUT2D eigenvalue weighted by Crippen LogP contribution is 2.30. The summed E-state index contributed by atoms with van der Waals surface area (Å²) in [6.45, 7) is 0. The lowest BCUT2D eigenvalue weighted by molar-refractivity contribution is 0.105. The van der Waals surface area contributed by atoms with E-state index in [1.807, 2.05) is 54.6 Å². The first kappa shape index (κ1) is 16.5. The number of ether oxygens (including phenoxy) is 1. The predicted molar refractivity (Wildman–Crippen MR) is 101 cm³/mol. The maximum atomic E-state index is 12.3. The van der Waals surface area contributed by atoms with Gasteiger partial charge >= 0.3 is 0 Å². The highest BCUT2D eigenvalue weighted by Gasteiger charge is 2.08. The van der Waals surface area contributed by atoms with E-state index in [2.05, 4.69) is 0 Å².